The Morgan fingerprint density at radius 3 is 2.50 bits per heavy atom. The summed E-state index contributed by atoms with van der Waals surface area (Å²) in [5.74, 6) is 1.30. The van der Waals surface area contributed by atoms with Crippen LogP contribution in [-0.4, -0.2) is 28.7 Å². The van der Waals surface area contributed by atoms with E-state index in [1.54, 1.807) is 24.3 Å². The van der Waals surface area contributed by atoms with E-state index in [2.05, 4.69) is 23.4 Å². The molecule has 0 unspecified atom stereocenters. The number of pyridine rings is 1. The lowest BCUT2D eigenvalue weighted by molar-refractivity contribution is 0.572. The minimum absolute atomic E-state index is 0.200. The van der Waals surface area contributed by atoms with Gasteiger partial charge in [0.2, 0.25) is 0 Å². The van der Waals surface area contributed by atoms with E-state index >= 15 is 0 Å². The topological polar surface area (TPSA) is 64.8 Å². The standard InChI is InChI=1S/C22H29N3O2S/c1-4-11-21-24-20-16-23-18(3)17(2)22(20)25(21)14-9-6-10-15-28(26,27)19-12-7-5-8-13-19/h5,7-8,12-13,16H,4,6,9-11,14-15H2,1-3H3. The zero-order valence-corrected chi connectivity index (χ0v) is 17.8. The van der Waals surface area contributed by atoms with Crippen molar-refractivity contribution < 1.29 is 8.42 Å². The predicted molar refractivity (Wildman–Crippen MR) is 113 cm³/mol. The molecule has 6 heteroatoms. The zero-order valence-electron chi connectivity index (χ0n) is 17.0. The molecule has 3 aromatic rings. The molecule has 0 atom stereocenters. The lowest BCUT2D eigenvalue weighted by atomic mass is 10.2. The largest absolute Gasteiger partial charge is 0.328 e. The van der Waals surface area contributed by atoms with E-state index in [1.165, 1.54) is 11.1 Å². The Hall–Kier alpha value is -2.21. The number of benzene rings is 1. The van der Waals surface area contributed by atoms with E-state index in [4.69, 9.17) is 4.98 Å². The molecule has 0 N–H and O–H groups in total. The summed E-state index contributed by atoms with van der Waals surface area (Å²) in [5.41, 5.74) is 4.34. The van der Waals surface area contributed by atoms with Gasteiger partial charge in [0.25, 0.3) is 0 Å². The van der Waals surface area contributed by atoms with Gasteiger partial charge in [-0.3, -0.25) is 4.98 Å². The van der Waals surface area contributed by atoms with Crippen molar-refractivity contribution in [2.24, 2.45) is 0 Å². The maximum atomic E-state index is 12.4. The van der Waals surface area contributed by atoms with Gasteiger partial charge in [-0.25, -0.2) is 13.4 Å². The summed E-state index contributed by atoms with van der Waals surface area (Å²) < 4.78 is 27.1. The number of hydrogen-bond donors (Lipinski definition) is 0. The van der Waals surface area contributed by atoms with Crippen LogP contribution in [0.2, 0.25) is 0 Å². The third-order valence-corrected chi connectivity index (χ3v) is 7.04. The molecule has 0 saturated carbocycles. The first-order valence-corrected chi connectivity index (χ1v) is 11.7. The Morgan fingerprint density at radius 1 is 1.04 bits per heavy atom. The highest BCUT2D eigenvalue weighted by molar-refractivity contribution is 7.91. The van der Waals surface area contributed by atoms with E-state index in [-0.39, 0.29) is 5.75 Å². The molecule has 150 valence electrons. The maximum Gasteiger partial charge on any atom is 0.178 e. The summed E-state index contributed by atoms with van der Waals surface area (Å²) >= 11 is 0. The van der Waals surface area contributed by atoms with Crippen molar-refractivity contribution in [1.29, 1.82) is 0 Å². The van der Waals surface area contributed by atoms with Gasteiger partial charge in [0, 0.05) is 18.7 Å². The highest BCUT2D eigenvalue weighted by Gasteiger charge is 2.15. The van der Waals surface area contributed by atoms with Crippen LogP contribution < -0.4 is 0 Å². The summed E-state index contributed by atoms with van der Waals surface area (Å²) in [4.78, 5) is 9.65. The molecule has 0 bridgehead atoms. The number of aromatic nitrogens is 3. The third kappa shape index (κ3) is 4.43. The van der Waals surface area contributed by atoms with Gasteiger partial charge >= 0.3 is 0 Å². The average molecular weight is 400 g/mol. The average Bonchev–Trinajstić information content (AvgIpc) is 3.03. The summed E-state index contributed by atoms with van der Waals surface area (Å²) in [6.07, 6.45) is 6.33. The number of imidazole rings is 1. The Balaban J connectivity index is 1.65. The molecule has 5 nitrogen and oxygen atoms in total. The number of rotatable bonds is 9. The van der Waals surface area contributed by atoms with Crippen molar-refractivity contribution in [3.63, 3.8) is 0 Å². The molecule has 2 aromatic heterocycles. The van der Waals surface area contributed by atoms with Gasteiger partial charge in [0.15, 0.2) is 9.84 Å². The second-order valence-corrected chi connectivity index (χ2v) is 9.43. The molecule has 0 aliphatic carbocycles. The fourth-order valence-corrected chi connectivity index (χ4v) is 4.96. The lowest BCUT2D eigenvalue weighted by Gasteiger charge is -2.11. The molecule has 28 heavy (non-hydrogen) atoms. The number of fused-ring (bicyclic) bond motifs is 1. The van der Waals surface area contributed by atoms with Crippen LogP contribution in [0.25, 0.3) is 11.0 Å². The maximum absolute atomic E-state index is 12.4. The summed E-state index contributed by atoms with van der Waals surface area (Å²) in [7, 11) is -3.19. The molecule has 0 spiro atoms. The van der Waals surface area contributed by atoms with Crippen LogP contribution >= 0.6 is 0 Å². The zero-order chi connectivity index (χ0) is 20.1. The smallest absolute Gasteiger partial charge is 0.178 e. The highest BCUT2D eigenvalue weighted by atomic mass is 32.2. The van der Waals surface area contributed by atoms with Crippen molar-refractivity contribution in [3.8, 4) is 0 Å². The minimum Gasteiger partial charge on any atom is -0.328 e. The third-order valence-electron chi connectivity index (χ3n) is 5.22. The monoisotopic (exact) mass is 399 g/mol. The van der Waals surface area contributed by atoms with E-state index < -0.39 is 9.84 Å². The van der Waals surface area contributed by atoms with Crippen molar-refractivity contribution in [3.05, 3.63) is 53.6 Å². The first-order valence-electron chi connectivity index (χ1n) is 10.0. The van der Waals surface area contributed by atoms with Gasteiger partial charge in [-0.05, 0) is 50.8 Å². The molecular weight excluding hydrogens is 370 g/mol. The van der Waals surface area contributed by atoms with Crippen LogP contribution in [0.5, 0.6) is 0 Å². The van der Waals surface area contributed by atoms with Crippen LogP contribution in [0.15, 0.2) is 41.4 Å². The number of sulfone groups is 1. The van der Waals surface area contributed by atoms with Crippen LogP contribution in [0, 0.1) is 13.8 Å². The summed E-state index contributed by atoms with van der Waals surface area (Å²) in [5, 5.41) is 0. The molecule has 2 heterocycles. The molecule has 0 saturated heterocycles. The van der Waals surface area contributed by atoms with Gasteiger partial charge in [0.05, 0.1) is 22.4 Å². The lowest BCUT2D eigenvalue weighted by Crippen LogP contribution is -2.08. The normalized spacial score (nSPS) is 12.0. The van der Waals surface area contributed by atoms with Gasteiger partial charge in [-0.1, -0.05) is 31.5 Å². The van der Waals surface area contributed by atoms with E-state index in [1.807, 2.05) is 19.2 Å². The van der Waals surface area contributed by atoms with Crippen molar-refractivity contribution in [2.45, 2.75) is 64.3 Å². The van der Waals surface area contributed by atoms with Gasteiger partial charge in [-0.2, -0.15) is 0 Å². The Morgan fingerprint density at radius 2 is 1.79 bits per heavy atom. The molecule has 3 rings (SSSR count). The van der Waals surface area contributed by atoms with E-state index in [0.717, 1.165) is 49.3 Å². The molecule has 0 amide bonds. The van der Waals surface area contributed by atoms with Crippen LogP contribution in [0.3, 0.4) is 0 Å². The van der Waals surface area contributed by atoms with E-state index in [0.29, 0.717) is 11.3 Å². The molecule has 0 aliphatic rings. The van der Waals surface area contributed by atoms with Crippen LogP contribution in [0.4, 0.5) is 0 Å². The van der Waals surface area contributed by atoms with Crippen molar-refractivity contribution in [1.82, 2.24) is 14.5 Å². The number of aryl methyl sites for hydroxylation is 4. The second kappa shape index (κ2) is 8.86. The molecule has 0 aliphatic heterocycles. The quantitative estimate of drug-likeness (QED) is 0.492. The van der Waals surface area contributed by atoms with Crippen LogP contribution in [-0.2, 0) is 22.8 Å². The SMILES string of the molecule is CCCc1nc2cnc(C)c(C)c2n1CCCCCS(=O)(=O)c1ccccc1. The van der Waals surface area contributed by atoms with Gasteiger partial charge < -0.3 is 4.57 Å². The number of unbranched alkanes of at least 4 members (excludes halogenated alkanes) is 2. The highest BCUT2D eigenvalue weighted by Crippen LogP contribution is 2.23. The van der Waals surface area contributed by atoms with Gasteiger partial charge in [-0.15, -0.1) is 0 Å². The predicted octanol–water partition coefficient (Wildman–Crippen LogP) is 4.64. The fraction of sp³-hybridized carbons (Fsp3) is 0.455. The summed E-state index contributed by atoms with van der Waals surface area (Å²) in [6, 6.07) is 8.71. The summed E-state index contributed by atoms with van der Waals surface area (Å²) in [6.45, 7) is 7.15. The van der Waals surface area contributed by atoms with Gasteiger partial charge in [0.1, 0.15) is 11.3 Å². The van der Waals surface area contributed by atoms with Crippen molar-refractivity contribution >= 4 is 20.9 Å². The molecule has 0 fully saturated rings. The van der Waals surface area contributed by atoms with Crippen LogP contribution in [0.1, 0.15) is 49.7 Å². The second-order valence-electron chi connectivity index (χ2n) is 7.32. The first kappa shape index (κ1) is 20.5. The Labute approximate surface area is 167 Å². The molecule has 1 aromatic carbocycles. The minimum atomic E-state index is -3.19. The Kier molecular flexibility index (Phi) is 6.50. The number of nitrogens with zero attached hydrogens (tertiary/aromatic N) is 3. The van der Waals surface area contributed by atoms with Crippen molar-refractivity contribution in [2.75, 3.05) is 5.75 Å². The molecular formula is C22H29N3O2S. The Bertz CT molecular complexity index is 1040. The molecule has 0 radical (unpaired) electrons. The fourth-order valence-electron chi connectivity index (χ4n) is 3.57. The van der Waals surface area contributed by atoms with E-state index in [9.17, 15) is 8.42 Å². The first-order chi connectivity index (χ1) is 13.4. The number of hydrogen-bond acceptors (Lipinski definition) is 4.